The third kappa shape index (κ3) is 2.96. The van der Waals surface area contributed by atoms with E-state index in [1.54, 1.807) is 0 Å². The molecule has 1 aromatic rings. The van der Waals surface area contributed by atoms with E-state index < -0.39 is 0 Å². The number of hydrogen-bond acceptors (Lipinski definition) is 0. The number of hydrogen-bond donors (Lipinski definition) is 1. The molecule has 0 saturated carbocycles. The van der Waals surface area contributed by atoms with Gasteiger partial charge in [0.25, 0.3) is 0 Å². The SMILES string of the molecule is [N-]=[N+]=C=[SH]Cc1ccccc1. The summed E-state index contributed by atoms with van der Waals surface area (Å²) < 4.78 is 0. The average molecular weight is 164 g/mol. The van der Waals surface area contributed by atoms with E-state index in [4.69, 9.17) is 5.53 Å². The van der Waals surface area contributed by atoms with Crippen molar-refractivity contribution in [1.29, 1.82) is 0 Å². The summed E-state index contributed by atoms with van der Waals surface area (Å²) in [6.45, 7) is 0. The quantitative estimate of drug-likeness (QED) is 0.227. The van der Waals surface area contributed by atoms with Crippen LogP contribution < -0.4 is 0 Å². The van der Waals surface area contributed by atoms with Gasteiger partial charge in [0.15, 0.2) is 0 Å². The molecule has 0 N–H and O–H groups in total. The first-order chi connectivity index (χ1) is 5.43. The van der Waals surface area contributed by atoms with E-state index in [-0.39, 0.29) is 0 Å². The van der Waals surface area contributed by atoms with Gasteiger partial charge in [0, 0.05) is 5.75 Å². The number of nitrogens with zero attached hydrogens (tertiary/aromatic N) is 2. The maximum atomic E-state index is 8.05. The molecule has 1 rings (SSSR count). The molecule has 2 nitrogen and oxygen atoms in total. The Morgan fingerprint density at radius 1 is 1.36 bits per heavy atom. The summed E-state index contributed by atoms with van der Waals surface area (Å²) in [5.74, 6) is 0.852. The molecule has 0 aliphatic carbocycles. The van der Waals surface area contributed by atoms with Gasteiger partial charge in [0.2, 0.25) is 0 Å². The van der Waals surface area contributed by atoms with Crippen molar-refractivity contribution < 1.29 is 4.79 Å². The van der Waals surface area contributed by atoms with E-state index in [0.29, 0.717) is 0 Å². The second-order valence-corrected chi connectivity index (χ2v) is 2.83. The molecule has 0 spiro atoms. The molecule has 3 heteroatoms. The molecule has 1 aromatic carbocycles. The van der Waals surface area contributed by atoms with Gasteiger partial charge in [-0.1, -0.05) is 41.7 Å². The minimum Gasteiger partial charge on any atom is -0.348 e. The standard InChI is InChI=1S/C8H8N2S/c9-10-7-11-6-8-4-2-1-3-5-8/h1-5,11H,6H2. The summed E-state index contributed by atoms with van der Waals surface area (Å²) in [4.78, 5) is 2.79. The van der Waals surface area contributed by atoms with E-state index >= 15 is 0 Å². The zero-order chi connectivity index (χ0) is 7.94. The lowest BCUT2D eigenvalue weighted by atomic mass is 10.2. The van der Waals surface area contributed by atoms with Crippen molar-refractivity contribution in [3.63, 3.8) is 0 Å². The fraction of sp³-hybridized carbons (Fsp3) is 0.125. The zero-order valence-electron chi connectivity index (χ0n) is 5.94. The largest absolute Gasteiger partial charge is 0.348 e. The first-order valence-corrected chi connectivity index (χ1v) is 4.31. The Kier molecular flexibility index (Phi) is 3.36. The molecule has 0 aliphatic heterocycles. The normalized spacial score (nSPS) is 8.36. The number of isothiocyanates is 1. The van der Waals surface area contributed by atoms with Gasteiger partial charge in [-0.2, -0.15) is 0 Å². The van der Waals surface area contributed by atoms with Gasteiger partial charge in [0.05, 0.1) is 0 Å². The predicted octanol–water partition coefficient (Wildman–Crippen LogP) is 1.79. The molecule has 0 fully saturated rings. The molecular formula is C8H8N2S. The highest BCUT2D eigenvalue weighted by molar-refractivity contribution is 7.96. The van der Waals surface area contributed by atoms with Crippen LogP contribution in [0.2, 0.25) is 0 Å². The third-order valence-electron chi connectivity index (χ3n) is 1.22. The molecule has 0 unspecified atom stereocenters. The van der Waals surface area contributed by atoms with E-state index in [9.17, 15) is 0 Å². The molecule has 0 amide bonds. The van der Waals surface area contributed by atoms with Crippen LogP contribution in [0, 0.1) is 0 Å². The maximum Gasteiger partial charge on any atom is 0.329 e. The van der Waals surface area contributed by atoms with Crippen LogP contribution in [0.15, 0.2) is 30.3 Å². The lowest BCUT2D eigenvalue weighted by Gasteiger charge is -1.90. The molecule has 11 heavy (non-hydrogen) atoms. The van der Waals surface area contributed by atoms with Crippen molar-refractivity contribution in [1.82, 2.24) is 0 Å². The summed E-state index contributed by atoms with van der Waals surface area (Å²) in [5, 5.41) is 2.45. The van der Waals surface area contributed by atoms with Crippen molar-refractivity contribution in [2.45, 2.75) is 5.75 Å². The Labute approximate surface area is 69.1 Å². The van der Waals surface area contributed by atoms with Crippen molar-refractivity contribution in [3.8, 4) is 0 Å². The summed E-state index contributed by atoms with van der Waals surface area (Å²) in [7, 11) is 0. The minimum atomic E-state index is 0.852. The van der Waals surface area contributed by atoms with Crippen LogP contribution in [0.5, 0.6) is 0 Å². The fourth-order valence-electron chi connectivity index (χ4n) is 0.742. The monoisotopic (exact) mass is 164 g/mol. The lowest BCUT2D eigenvalue weighted by Crippen LogP contribution is -1.73. The van der Waals surface area contributed by atoms with Gasteiger partial charge in [0.1, 0.15) is 0 Å². The Morgan fingerprint density at radius 3 is 2.73 bits per heavy atom. The van der Waals surface area contributed by atoms with Crippen LogP contribution in [-0.4, -0.2) is 9.95 Å². The van der Waals surface area contributed by atoms with E-state index in [2.05, 4.69) is 9.95 Å². The van der Waals surface area contributed by atoms with Gasteiger partial charge >= 0.3 is 5.16 Å². The first-order valence-electron chi connectivity index (χ1n) is 3.23. The van der Waals surface area contributed by atoms with Gasteiger partial charge in [-0.15, -0.1) is 4.79 Å². The van der Waals surface area contributed by atoms with Crippen molar-refractivity contribution >= 4 is 16.5 Å². The Hall–Kier alpha value is -1.14. The third-order valence-corrected chi connectivity index (χ3v) is 1.97. The van der Waals surface area contributed by atoms with Crippen LogP contribution in [-0.2, 0) is 5.75 Å². The van der Waals surface area contributed by atoms with Crippen molar-refractivity contribution in [2.75, 3.05) is 0 Å². The highest BCUT2D eigenvalue weighted by Gasteiger charge is 1.84. The van der Waals surface area contributed by atoms with Crippen LogP contribution in [0.3, 0.4) is 0 Å². The Bertz CT molecular complexity index is 295. The van der Waals surface area contributed by atoms with Gasteiger partial charge < -0.3 is 5.53 Å². The summed E-state index contributed by atoms with van der Waals surface area (Å²) in [5.41, 5.74) is 9.28. The van der Waals surface area contributed by atoms with Crippen LogP contribution in [0.25, 0.3) is 5.53 Å². The number of rotatable bonds is 2. The second kappa shape index (κ2) is 4.64. The topological polar surface area (TPSA) is 36.4 Å². The number of thiol groups is 1. The molecule has 0 heterocycles. The maximum absolute atomic E-state index is 8.05. The zero-order valence-corrected chi connectivity index (χ0v) is 6.83. The predicted molar refractivity (Wildman–Crippen MR) is 47.8 cm³/mol. The molecule has 0 radical (unpaired) electrons. The molecular weight excluding hydrogens is 156 g/mol. The summed E-state index contributed by atoms with van der Waals surface area (Å²) in [6.07, 6.45) is 0. The Balaban J connectivity index is 2.66. The smallest absolute Gasteiger partial charge is 0.329 e. The highest BCUT2D eigenvalue weighted by atomic mass is 32.1. The minimum absolute atomic E-state index is 0.852. The number of benzene rings is 1. The molecule has 56 valence electrons. The molecule has 0 aromatic heterocycles. The van der Waals surface area contributed by atoms with Crippen LogP contribution in [0.1, 0.15) is 5.56 Å². The van der Waals surface area contributed by atoms with Crippen molar-refractivity contribution in [3.05, 3.63) is 41.4 Å². The van der Waals surface area contributed by atoms with Gasteiger partial charge in [-0.3, -0.25) is 0 Å². The van der Waals surface area contributed by atoms with Crippen molar-refractivity contribution in [2.24, 2.45) is 0 Å². The first kappa shape index (κ1) is 7.96. The van der Waals surface area contributed by atoms with E-state index in [1.165, 1.54) is 5.56 Å². The van der Waals surface area contributed by atoms with Crippen LogP contribution >= 0.6 is 11.4 Å². The summed E-state index contributed by atoms with van der Waals surface area (Å²) in [6, 6.07) is 10.0. The summed E-state index contributed by atoms with van der Waals surface area (Å²) >= 11 is 0.891. The molecule has 0 bridgehead atoms. The Morgan fingerprint density at radius 2 is 2.09 bits per heavy atom. The van der Waals surface area contributed by atoms with E-state index in [0.717, 1.165) is 17.1 Å². The van der Waals surface area contributed by atoms with Gasteiger partial charge in [-0.05, 0) is 5.56 Å². The molecule has 0 atom stereocenters. The second-order valence-electron chi connectivity index (χ2n) is 2.00. The molecule has 0 saturated heterocycles. The highest BCUT2D eigenvalue weighted by Crippen LogP contribution is 2.03. The van der Waals surface area contributed by atoms with Crippen LogP contribution in [0.4, 0.5) is 0 Å². The fourth-order valence-corrected chi connectivity index (χ4v) is 1.27. The van der Waals surface area contributed by atoms with E-state index in [1.807, 2.05) is 30.3 Å². The van der Waals surface area contributed by atoms with Gasteiger partial charge in [-0.25, -0.2) is 0 Å². The molecule has 0 aliphatic rings. The average Bonchev–Trinajstić information content (AvgIpc) is 2.07. The lowest BCUT2D eigenvalue weighted by molar-refractivity contribution is 0.00971.